The molecular weight excluding hydrogens is 521 g/mol. The van der Waals surface area contributed by atoms with Gasteiger partial charge < -0.3 is 5.32 Å². The van der Waals surface area contributed by atoms with Crippen molar-refractivity contribution in [3.63, 3.8) is 0 Å². The smallest absolute Gasteiger partial charge is 0.261 e. The summed E-state index contributed by atoms with van der Waals surface area (Å²) in [5, 5.41) is 3.51. The zero-order chi connectivity index (χ0) is 25.1. The Kier molecular flexibility index (Phi) is 7.77. The van der Waals surface area contributed by atoms with Gasteiger partial charge in [0.05, 0.1) is 16.8 Å². The lowest BCUT2D eigenvalue weighted by Crippen LogP contribution is -2.45. The molecule has 1 atom stereocenters. The molecule has 3 rings (SSSR count). The third kappa shape index (κ3) is 6.41. The molecule has 0 aliphatic carbocycles. The topological polar surface area (TPSA) is 113 Å². The zero-order valence-corrected chi connectivity index (χ0v) is 21.2. The zero-order valence-electron chi connectivity index (χ0n) is 18.1. The molecule has 0 aliphatic rings. The number of nitrogens with one attached hydrogen (secondary N) is 2. The van der Waals surface area contributed by atoms with Crippen molar-refractivity contribution < 1.29 is 21.6 Å². The molecule has 0 bridgehead atoms. The van der Waals surface area contributed by atoms with Gasteiger partial charge in [-0.2, -0.15) is 0 Å². The van der Waals surface area contributed by atoms with Gasteiger partial charge in [0.1, 0.15) is 6.04 Å². The Hall–Kier alpha value is -2.79. The van der Waals surface area contributed by atoms with Crippen molar-refractivity contribution in [3.05, 3.63) is 82.8 Å². The van der Waals surface area contributed by atoms with Crippen molar-refractivity contribution in [2.45, 2.75) is 17.9 Å². The van der Waals surface area contributed by atoms with E-state index in [1.807, 2.05) is 0 Å². The molecule has 3 aromatic carbocycles. The molecule has 0 fully saturated rings. The Morgan fingerprint density at radius 2 is 1.26 bits per heavy atom. The minimum absolute atomic E-state index is 0.0209. The summed E-state index contributed by atoms with van der Waals surface area (Å²) in [6.45, 7) is 1.44. The first-order chi connectivity index (χ1) is 15.9. The molecular formula is C22H21Cl2N3O5S2. The lowest BCUT2D eigenvalue weighted by Gasteiger charge is -2.28. The van der Waals surface area contributed by atoms with Crippen molar-refractivity contribution in [1.29, 1.82) is 0 Å². The van der Waals surface area contributed by atoms with Gasteiger partial charge in [0, 0.05) is 21.4 Å². The minimum Gasteiger partial charge on any atom is -0.324 e. The summed E-state index contributed by atoms with van der Waals surface area (Å²) in [6, 6.07) is 16.6. The monoisotopic (exact) mass is 541 g/mol. The number of anilines is 3. The van der Waals surface area contributed by atoms with Crippen LogP contribution in [-0.2, 0) is 24.8 Å². The van der Waals surface area contributed by atoms with Crippen LogP contribution in [0, 0.1) is 0 Å². The molecule has 0 saturated heterocycles. The average molecular weight is 542 g/mol. The molecule has 0 aliphatic heterocycles. The molecule has 0 saturated carbocycles. The van der Waals surface area contributed by atoms with E-state index < -0.39 is 32.0 Å². The minimum atomic E-state index is -3.86. The van der Waals surface area contributed by atoms with Gasteiger partial charge in [-0.25, -0.2) is 16.8 Å². The number of carbonyl (C=O) groups is 1. The summed E-state index contributed by atoms with van der Waals surface area (Å²) in [7, 11) is -7.66. The second-order valence-electron chi connectivity index (χ2n) is 7.34. The molecule has 12 heteroatoms. The van der Waals surface area contributed by atoms with E-state index >= 15 is 0 Å². The van der Waals surface area contributed by atoms with Crippen molar-refractivity contribution in [2.75, 3.05) is 20.6 Å². The molecule has 34 heavy (non-hydrogen) atoms. The maximum absolute atomic E-state index is 12.8. The van der Waals surface area contributed by atoms with E-state index in [0.717, 1.165) is 10.6 Å². The first-order valence-electron chi connectivity index (χ1n) is 9.81. The van der Waals surface area contributed by atoms with Gasteiger partial charge in [-0.3, -0.25) is 13.8 Å². The third-order valence-electron chi connectivity index (χ3n) is 4.70. The number of nitrogens with zero attached hydrogens (tertiary/aromatic N) is 1. The summed E-state index contributed by atoms with van der Waals surface area (Å²) in [4.78, 5) is 12.8. The van der Waals surface area contributed by atoms with Crippen molar-refractivity contribution in [1.82, 2.24) is 0 Å². The second kappa shape index (κ2) is 10.2. The molecule has 1 amide bonds. The molecule has 8 nitrogen and oxygen atoms in total. The first kappa shape index (κ1) is 25.8. The highest BCUT2D eigenvalue weighted by molar-refractivity contribution is 7.92. The van der Waals surface area contributed by atoms with Crippen LogP contribution in [0.5, 0.6) is 0 Å². The lowest BCUT2D eigenvalue weighted by molar-refractivity contribution is -0.116. The highest BCUT2D eigenvalue weighted by atomic mass is 35.5. The first-order valence-corrected chi connectivity index (χ1v) is 13.9. The predicted molar refractivity (Wildman–Crippen MR) is 136 cm³/mol. The van der Waals surface area contributed by atoms with E-state index in [1.165, 1.54) is 67.6 Å². The van der Waals surface area contributed by atoms with Crippen LogP contribution in [0.2, 0.25) is 10.0 Å². The van der Waals surface area contributed by atoms with Crippen molar-refractivity contribution in [3.8, 4) is 0 Å². The van der Waals surface area contributed by atoms with Crippen molar-refractivity contribution in [2.24, 2.45) is 0 Å². The Bertz CT molecular complexity index is 1380. The normalized spacial score (nSPS) is 12.6. The second-order valence-corrected chi connectivity index (χ2v) is 11.8. The Labute approximate surface area is 208 Å². The molecule has 3 aromatic rings. The van der Waals surface area contributed by atoms with Gasteiger partial charge >= 0.3 is 0 Å². The molecule has 0 aromatic heterocycles. The Balaban J connectivity index is 1.75. The SMILES string of the molecule is C[C@H](C(=O)Nc1ccc(S(=O)(=O)Nc2ccc(Cl)cc2)cc1)N(c1ccc(Cl)cc1)S(C)(=O)=O. The van der Waals surface area contributed by atoms with E-state index in [1.54, 1.807) is 12.1 Å². The molecule has 2 N–H and O–H groups in total. The van der Waals surface area contributed by atoms with Gasteiger partial charge in [-0.05, 0) is 79.7 Å². The van der Waals surface area contributed by atoms with Crippen LogP contribution in [0.3, 0.4) is 0 Å². The fourth-order valence-corrected chi connectivity index (χ4v) is 5.58. The van der Waals surface area contributed by atoms with Crippen LogP contribution in [0.15, 0.2) is 77.7 Å². The van der Waals surface area contributed by atoms with Crippen LogP contribution in [0.1, 0.15) is 6.92 Å². The molecule has 0 unspecified atom stereocenters. The van der Waals surface area contributed by atoms with Gasteiger partial charge in [0.25, 0.3) is 10.0 Å². The maximum Gasteiger partial charge on any atom is 0.261 e. The number of carbonyl (C=O) groups excluding carboxylic acids is 1. The van der Waals surface area contributed by atoms with Gasteiger partial charge in [0.2, 0.25) is 15.9 Å². The highest BCUT2D eigenvalue weighted by Crippen LogP contribution is 2.24. The van der Waals surface area contributed by atoms with Crippen LogP contribution in [0.25, 0.3) is 0 Å². The van der Waals surface area contributed by atoms with Gasteiger partial charge in [-0.15, -0.1) is 0 Å². The Morgan fingerprint density at radius 3 is 1.76 bits per heavy atom. The van der Waals surface area contributed by atoms with Gasteiger partial charge in [-0.1, -0.05) is 23.2 Å². The number of sulfonamides is 2. The fourth-order valence-electron chi connectivity index (χ4n) is 3.09. The summed E-state index contributed by atoms with van der Waals surface area (Å²) < 4.78 is 53.3. The van der Waals surface area contributed by atoms with E-state index in [-0.39, 0.29) is 10.6 Å². The van der Waals surface area contributed by atoms with Crippen LogP contribution in [0.4, 0.5) is 17.1 Å². The highest BCUT2D eigenvalue weighted by Gasteiger charge is 2.29. The number of benzene rings is 3. The van der Waals surface area contributed by atoms with E-state index in [4.69, 9.17) is 23.2 Å². The number of hydrogen-bond donors (Lipinski definition) is 2. The van der Waals surface area contributed by atoms with E-state index in [9.17, 15) is 21.6 Å². The van der Waals surface area contributed by atoms with E-state index in [0.29, 0.717) is 21.4 Å². The number of halogens is 2. The quantitative estimate of drug-likeness (QED) is 0.433. The molecule has 180 valence electrons. The Morgan fingerprint density at radius 1 is 0.794 bits per heavy atom. The summed E-state index contributed by atoms with van der Waals surface area (Å²) in [5.74, 6) is -0.602. The largest absolute Gasteiger partial charge is 0.324 e. The summed E-state index contributed by atoms with van der Waals surface area (Å²) in [5.41, 5.74) is 0.926. The van der Waals surface area contributed by atoms with Crippen LogP contribution >= 0.6 is 23.2 Å². The third-order valence-corrected chi connectivity index (χ3v) is 7.84. The fraction of sp³-hybridized carbons (Fsp3) is 0.136. The number of hydrogen-bond acceptors (Lipinski definition) is 5. The van der Waals surface area contributed by atoms with Crippen LogP contribution in [-0.4, -0.2) is 35.0 Å². The van der Waals surface area contributed by atoms with Gasteiger partial charge in [0.15, 0.2) is 0 Å². The molecule has 0 heterocycles. The summed E-state index contributed by atoms with van der Waals surface area (Å²) >= 11 is 11.7. The number of rotatable bonds is 8. The standard InChI is InChI=1S/C22H21Cl2N3O5S2/c1-15(27(33(2,29)30)20-11-5-17(24)6-12-20)22(28)25-18-9-13-21(14-10-18)34(31,32)26-19-7-3-16(23)4-8-19/h3-15,26H,1-2H3,(H,25,28)/t15-/m1/s1. The molecule has 0 radical (unpaired) electrons. The lowest BCUT2D eigenvalue weighted by atomic mass is 10.2. The maximum atomic E-state index is 12.8. The van der Waals surface area contributed by atoms with E-state index in [2.05, 4.69) is 10.0 Å². The van der Waals surface area contributed by atoms with Crippen molar-refractivity contribution >= 4 is 66.2 Å². The number of amides is 1. The average Bonchev–Trinajstić information content (AvgIpc) is 2.76. The predicted octanol–water partition coefficient (Wildman–Crippen LogP) is 4.59. The summed E-state index contributed by atoms with van der Waals surface area (Å²) in [6.07, 6.45) is 0.999. The molecule has 0 spiro atoms. The van der Waals surface area contributed by atoms with Crippen LogP contribution < -0.4 is 14.3 Å².